The molecule has 0 aliphatic heterocycles. The van der Waals surface area contributed by atoms with Crippen LogP contribution in [0, 0.1) is 19.3 Å². The van der Waals surface area contributed by atoms with Crippen LogP contribution >= 0.6 is 0 Å². The Morgan fingerprint density at radius 2 is 2.28 bits per heavy atom. The quantitative estimate of drug-likeness (QED) is 0.746. The van der Waals surface area contributed by atoms with E-state index in [0.717, 1.165) is 13.0 Å². The predicted octanol–water partition coefficient (Wildman–Crippen LogP) is 3.64. The van der Waals surface area contributed by atoms with Crippen molar-refractivity contribution in [2.75, 3.05) is 0 Å². The average molecular weight is 238 g/mol. The molecule has 1 aromatic carbocycles. The number of nitrogens with zero attached hydrogens (tertiary/aromatic N) is 2. The van der Waals surface area contributed by atoms with Crippen molar-refractivity contribution in [1.29, 1.82) is 0 Å². The highest BCUT2D eigenvalue weighted by Gasteiger charge is 2.25. The lowest BCUT2D eigenvalue weighted by molar-refractivity contribution is 0.408. The summed E-state index contributed by atoms with van der Waals surface area (Å²) in [6.45, 7) is 2.96. The molecule has 92 valence electrons. The second-order valence-electron chi connectivity index (χ2n) is 5.21. The molecule has 0 atom stereocenters. The van der Waals surface area contributed by atoms with E-state index in [1.165, 1.54) is 41.4 Å². The largest absolute Gasteiger partial charge is 0.264 e. The van der Waals surface area contributed by atoms with E-state index in [-0.39, 0.29) is 0 Å². The van der Waals surface area contributed by atoms with Gasteiger partial charge in [0.1, 0.15) is 0 Å². The third-order valence-electron chi connectivity index (χ3n) is 3.89. The zero-order valence-electron chi connectivity index (χ0n) is 10.8. The molecule has 0 amide bonds. The molecule has 0 N–H and O–H groups in total. The molecule has 1 saturated carbocycles. The molecule has 1 aliphatic rings. The van der Waals surface area contributed by atoms with E-state index in [0.29, 0.717) is 5.92 Å². The smallest absolute Gasteiger partial charge is 0.0734 e. The van der Waals surface area contributed by atoms with Crippen LogP contribution in [0.1, 0.15) is 42.9 Å². The van der Waals surface area contributed by atoms with E-state index >= 15 is 0 Å². The van der Waals surface area contributed by atoms with Crippen LogP contribution in [0.3, 0.4) is 0 Å². The highest BCUT2D eigenvalue weighted by atomic mass is 15.3. The number of aromatic nitrogens is 2. The lowest BCUT2D eigenvalue weighted by atomic mass is 9.82. The summed E-state index contributed by atoms with van der Waals surface area (Å²) >= 11 is 0. The molecular weight excluding hydrogens is 220 g/mol. The van der Waals surface area contributed by atoms with Crippen LogP contribution in [-0.2, 0) is 6.54 Å². The Kier molecular flexibility index (Phi) is 2.83. The van der Waals surface area contributed by atoms with Gasteiger partial charge in [-0.1, -0.05) is 18.1 Å². The first-order valence-electron chi connectivity index (χ1n) is 6.70. The summed E-state index contributed by atoms with van der Waals surface area (Å²) in [5.41, 5.74) is 3.83. The summed E-state index contributed by atoms with van der Waals surface area (Å²) in [4.78, 5) is 0. The number of fused-ring (bicyclic) bond motifs is 1. The van der Waals surface area contributed by atoms with E-state index in [1.54, 1.807) is 0 Å². The Labute approximate surface area is 108 Å². The van der Waals surface area contributed by atoms with Gasteiger partial charge in [-0.15, -0.1) is 12.3 Å². The second kappa shape index (κ2) is 4.49. The maximum atomic E-state index is 5.36. The van der Waals surface area contributed by atoms with Crippen molar-refractivity contribution < 1.29 is 0 Å². The maximum Gasteiger partial charge on any atom is 0.0734 e. The van der Waals surface area contributed by atoms with Crippen LogP contribution in [0.25, 0.3) is 10.9 Å². The molecule has 0 spiro atoms. The summed E-state index contributed by atoms with van der Waals surface area (Å²) < 4.78 is 2.09. The van der Waals surface area contributed by atoms with Gasteiger partial charge in [0.05, 0.1) is 17.8 Å². The molecule has 0 unspecified atom stereocenters. The minimum atomic E-state index is 0.668. The van der Waals surface area contributed by atoms with Crippen LogP contribution in [0.15, 0.2) is 18.2 Å². The average Bonchev–Trinajstić information content (AvgIpc) is 2.63. The zero-order chi connectivity index (χ0) is 12.5. The van der Waals surface area contributed by atoms with Crippen LogP contribution in [-0.4, -0.2) is 9.78 Å². The van der Waals surface area contributed by atoms with Crippen LogP contribution in [0.2, 0.25) is 0 Å². The summed E-state index contributed by atoms with van der Waals surface area (Å²) in [5, 5.41) is 6.14. The molecule has 1 aromatic heterocycles. The first-order valence-corrected chi connectivity index (χ1v) is 6.70. The number of aryl methyl sites for hydroxylation is 2. The zero-order valence-corrected chi connectivity index (χ0v) is 10.8. The molecule has 1 fully saturated rings. The molecule has 0 radical (unpaired) electrons. The fraction of sp³-hybridized carbons (Fsp3) is 0.438. The van der Waals surface area contributed by atoms with Crippen molar-refractivity contribution in [3.05, 3.63) is 29.5 Å². The molecule has 1 aliphatic carbocycles. The molecule has 2 nitrogen and oxygen atoms in total. The van der Waals surface area contributed by atoms with E-state index in [9.17, 15) is 0 Å². The fourth-order valence-electron chi connectivity index (χ4n) is 2.64. The first kappa shape index (κ1) is 11.3. The molecular formula is C16H18N2. The predicted molar refractivity (Wildman–Crippen MR) is 74.5 cm³/mol. The van der Waals surface area contributed by atoms with Crippen LogP contribution in [0.5, 0.6) is 0 Å². The highest BCUT2D eigenvalue weighted by molar-refractivity contribution is 5.83. The molecule has 3 rings (SSSR count). The Bertz CT molecular complexity index is 612. The van der Waals surface area contributed by atoms with E-state index in [1.807, 2.05) is 0 Å². The van der Waals surface area contributed by atoms with Gasteiger partial charge in [-0.2, -0.15) is 5.10 Å². The third kappa shape index (κ3) is 1.80. The summed E-state index contributed by atoms with van der Waals surface area (Å²) in [5.74, 6) is 3.37. The number of hydrogen-bond donors (Lipinski definition) is 0. The van der Waals surface area contributed by atoms with Gasteiger partial charge in [-0.25, -0.2) is 0 Å². The van der Waals surface area contributed by atoms with Gasteiger partial charge in [-0.05, 0) is 31.9 Å². The normalized spacial score (nSPS) is 15.6. The summed E-state index contributed by atoms with van der Waals surface area (Å²) in [7, 11) is 0. The van der Waals surface area contributed by atoms with Crippen molar-refractivity contribution >= 4 is 10.9 Å². The maximum absolute atomic E-state index is 5.36. The van der Waals surface area contributed by atoms with Crippen LogP contribution < -0.4 is 0 Å². The molecule has 2 heteroatoms. The third-order valence-corrected chi connectivity index (χ3v) is 3.89. The van der Waals surface area contributed by atoms with Gasteiger partial charge in [0.15, 0.2) is 0 Å². The number of terminal acetylenes is 1. The Balaban J connectivity index is 2.10. The van der Waals surface area contributed by atoms with Crippen molar-refractivity contribution in [3.8, 4) is 12.3 Å². The Hall–Kier alpha value is -1.75. The van der Waals surface area contributed by atoms with Gasteiger partial charge in [0.25, 0.3) is 0 Å². The Morgan fingerprint density at radius 3 is 2.94 bits per heavy atom. The van der Waals surface area contributed by atoms with Crippen molar-refractivity contribution in [2.45, 2.75) is 45.1 Å². The first-order chi connectivity index (χ1) is 8.79. The molecule has 2 aromatic rings. The van der Waals surface area contributed by atoms with Crippen LogP contribution in [0.4, 0.5) is 0 Å². The van der Waals surface area contributed by atoms with E-state index in [2.05, 4.69) is 35.7 Å². The van der Waals surface area contributed by atoms with Gasteiger partial charge in [-0.3, -0.25) is 4.68 Å². The van der Waals surface area contributed by atoms with Gasteiger partial charge in [0, 0.05) is 17.7 Å². The number of rotatable bonds is 3. The lowest BCUT2D eigenvalue weighted by Crippen LogP contribution is -2.10. The number of hydrogen-bond acceptors (Lipinski definition) is 1. The standard InChI is InChI=1S/C16H18N2/c1-3-4-10-18-15-9-8-12(2)11-14(15)16(17-18)13-6-5-7-13/h1,8-9,11,13H,4-7,10H2,2H3. The molecule has 0 saturated heterocycles. The lowest BCUT2D eigenvalue weighted by Gasteiger charge is -2.23. The van der Waals surface area contributed by atoms with Gasteiger partial charge < -0.3 is 0 Å². The fourth-order valence-corrected chi connectivity index (χ4v) is 2.64. The SMILES string of the molecule is C#CCCn1nc(C2CCC2)c2cc(C)ccc21. The van der Waals surface area contributed by atoms with Gasteiger partial charge in [0.2, 0.25) is 0 Å². The summed E-state index contributed by atoms with van der Waals surface area (Å²) in [6.07, 6.45) is 10.0. The van der Waals surface area contributed by atoms with E-state index < -0.39 is 0 Å². The van der Waals surface area contributed by atoms with Crippen molar-refractivity contribution in [1.82, 2.24) is 9.78 Å². The minimum Gasteiger partial charge on any atom is -0.264 e. The summed E-state index contributed by atoms with van der Waals surface area (Å²) in [6, 6.07) is 6.60. The topological polar surface area (TPSA) is 17.8 Å². The van der Waals surface area contributed by atoms with E-state index in [4.69, 9.17) is 11.5 Å². The van der Waals surface area contributed by atoms with Crippen molar-refractivity contribution in [3.63, 3.8) is 0 Å². The molecule has 18 heavy (non-hydrogen) atoms. The monoisotopic (exact) mass is 238 g/mol. The Morgan fingerprint density at radius 1 is 1.44 bits per heavy atom. The minimum absolute atomic E-state index is 0.668. The molecule has 1 heterocycles. The van der Waals surface area contributed by atoms with Crippen molar-refractivity contribution in [2.24, 2.45) is 0 Å². The highest BCUT2D eigenvalue weighted by Crippen LogP contribution is 2.39. The second-order valence-corrected chi connectivity index (χ2v) is 5.21. The van der Waals surface area contributed by atoms with Gasteiger partial charge >= 0.3 is 0 Å². The number of benzene rings is 1. The molecule has 0 bridgehead atoms.